The highest BCUT2D eigenvalue weighted by molar-refractivity contribution is 7.98. The lowest BCUT2D eigenvalue weighted by molar-refractivity contribution is 0.102. The Bertz CT molecular complexity index is 613. The molecule has 0 fully saturated rings. The quantitative estimate of drug-likeness (QED) is 0.595. The van der Waals surface area contributed by atoms with E-state index in [4.69, 9.17) is 0 Å². The Kier molecular flexibility index (Phi) is 3.97. The second-order valence-corrected chi connectivity index (χ2v) is 4.74. The lowest BCUT2D eigenvalue weighted by Crippen LogP contribution is -2.12. The van der Waals surface area contributed by atoms with Crippen LogP contribution in [-0.2, 0) is 0 Å². The van der Waals surface area contributed by atoms with Crippen molar-refractivity contribution in [1.82, 2.24) is 0 Å². The third-order valence-electron chi connectivity index (χ3n) is 2.59. The number of hydrogen-bond donors (Lipinski definition) is 3. The average Bonchev–Trinajstić information content (AvgIpc) is 2.42. The van der Waals surface area contributed by atoms with E-state index in [-0.39, 0.29) is 11.3 Å². The van der Waals surface area contributed by atoms with Crippen LogP contribution in [0.5, 0.6) is 11.5 Å². The van der Waals surface area contributed by atoms with Crippen molar-refractivity contribution < 1.29 is 15.0 Å². The van der Waals surface area contributed by atoms with Crippen LogP contribution in [0, 0.1) is 0 Å². The molecule has 2 aromatic rings. The van der Waals surface area contributed by atoms with Crippen LogP contribution in [0.25, 0.3) is 0 Å². The fraction of sp³-hybridized carbons (Fsp3) is 0.0714. The van der Waals surface area contributed by atoms with Gasteiger partial charge in [0.15, 0.2) is 11.5 Å². The maximum Gasteiger partial charge on any atom is 0.259 e. The summed E-state index contributed by atoms with van der Waals surface area (Å²) in [6, 6.07) is 11.6. The minimum Gasteiger partial charge on any atom is -0.504 e. The Labute approximate surface area is 115 Å². The van der Waals surface area contributed by atoms with Gasteiger partial charge in [0.05, 0.1) is 5.56 Å². The van der Waals surface area contributed by atoms with Crippen molar-refractivity contribution in [1.29, 1.82) is 0 Å². The van der Waals surface area contributed by atoms with Crippen LogP contribution in [0.3, 0.4) is 0 Å². The van der Waals surface area contributed by atoms with Gasteiger partial charge in [-0.05, 0) is 36.6 Å². The molecule has 3 N–H and O–H groups in total. The van der Waals surface area contributed by atoms with E-state index in [1.807, 2.05) is 24.5 Å². The van der Waals surface area contributed by atoms with Crippen molar-refractivity contribution in [2.75, 3.05) is 11.6 Å². The van der Waals surface area contributed by atoms with Gasteiger partial charge >= 0.3 is 0 Å². The predicted octanol–water partition coefficient (Wildman–Crippen LogP) is 3.07. The molecule has 0 heterocycles. The summed E-state index contributed by atoms with van der Waals surface area (Å²) in [7, 11) is 0. The van der Waals surface area contributed by atoms with Crippen LogP contribution in [0.2, 0.25) is 0 Å². The van der Waals surface area contributed by atoms with E-state index in [2.05, 4.69) is 5.32 Å². The Hall–Kier alpha value is -2.14. The zero-order chi connectivity index (χ0) is 13.8. The standard InChI is InChI=1S/C14H13NO3S/c1-19-10-5-2-4-9(8-10)15-14(18)11-6-3-7-12(16)13(11)17/h2-8,16-17H,1H3,(H,15,18). The maximum atomic E-state index is 12.0. The molecule has 0 spiro atoms. The summed E-state index contributed by atoms with van der Waals surface area (Å²) in [5.74, 6) is -1.20. The molecular formula is C14H13NO3S. The smallest absolute Gasteiger partial charge is 0.259 e. The van der Waals surface area contributed by atoms with E-state index in [1.165, 1.54) is 18.2 Å². The molecule has 2 rings (SSSR count). The summed E-state index contributed by atoms with van der Waals surface area (Å²) in [6.07, 6.45) is 1.95. The fourth-order valence-corrected chi connectivity index (χ4v) is 2.07. The molecule has 0 unspecified atom stereocenters. The molecule has 2 aromatic carbocycles. The molecule has 19 heavy (non-hydrogen) atoms. The first-order valence-electron chi connectivity index (χ1n) is 5.58. The second-order valence-electron chi connectivity index (χ2n) is 3.86. The summed E-state index contributed by atoms with van der Waals surface area (Å²) >= 11 is 1.57. The van der Waals surface area contributed by atoms with Crippen molar-refractivity contribution >= 4 is 23.4 Å². The number of aromatic hydroxyl groups is 2. The van der Waals surface area contributed by atoms with Crippen molar-refractivity contribution in [2.45, 2.75) is 4.90 Å². The van der Waals surface area contributed by atoms with E-state index >= 15 is 0 Å². The molecule has 0 radical (unpaired) electrons. The molecule has 0 aliphatic heterocycles. The van der Waals surface area contributed by atoms with Gasteiger partial charge in [0.2, 0.25) is 0 Å². The minimum absolute atomic E-state index is 0.0366. The van der Waals surface area contributed by atoms with Gasteiger partial charge in [-0.3, -0.25) is 4.79 Å². The van der Waals surface area contributed by atoms with Crippen LogP contribution in [0.1, 0.15) is 10.4 Å². The first-order chi connectivity index (χ1) is 9.11. The molecule has 0 atom stereocenters. The third kappa shape index (κ3) is 3.00. The van der Waals surface area contributed by atoms with E-state index in [0.717, 1.165) is 4.90 Å². The summed E-state index contributed by atoms with van der Waals surface area (Å²) in [4.78, 5) is 13.0. The van der Waals surface area contributed by atoms with Gasteiger partial charge in [-0.2, -0.15) is 0 Å². The first kappa shape index (κ1) is 13.3. The predicted molar refractivity (Wildman–Crippen MR) is 75.9 cm³/mol. The SMILES string of the molecule is CSc1cccc(NC(=O)c2cccc(O)c2O)c1. The van der Waals surface area contributed by atoms with Crippen LogP contribution in [-0.4, -0.2) is 22.4 Å². The van der Waals surface area contributed by atoms with E-state index < -0.39 is 11.7 Å². The van der Waals surface area contributed by atoms with Crippen molar-refractivity contribution in [3.63, 3.8) is 0 Å². The van der Waals surface area contributed by atoms with Crippen molar-refractivity contribution in [2.24, 2.45) is 0 Å². The van der Waals surface area contributed by atoms with E-state index in [9.17, 15) is 15.0 Å². The minimum atomic E-state index is -0.466. The Morgan fingerprint density at radius 1 is 1.16 bits per heavy atom. The lowest BCUT2D eigenvalue weighted by atomic mass is 10.1. The van der Waals surface area contributed by atoms with Gasteiger partial charge in [-0.1, -0.05) is 12.1 Å². The number of hydrogen-bond acceptors (Lipinski definition) is 4. The number of phenolic OH excluding ortho intramolecular Hbond substituents is 2. The van der Waals surface area contributed by atoms with Crippen molar-refractivity contribution in [3.8, 4) is 11.5 Å². The summed E-state index contributed by atoms with van der Waals surface area (Å²) < 4.78 is 0. The summed E-state index contributed by atoms with van der Waals surface area (Å²) in [5.41, 5.74) is 0.675. The monoisotopic (exact) mass is 275 g/mol. The molecular weight excluding hydrogens is 262 g/mol. The lowest BCUT2D eigenvalue weighted by Gasteiger charge is -2.08. The summed E-state index contributed by atoms with van der Waals surface area (Å²) in [5, 5.41) is 21.7. The molecule has 0 bridgehead atoms. The number of benzene rings is 2. The molecule has 0 aliphatic rings. The Morgan fingerprint density at radius 2 is 1.89 bits per heavy atom. The number of rotatable bonds is 3. The van der Waals surface area contributed by atoms with Crippen LogP contribution < -0.4 is 5.32 Å². The molecule has 1 amide bonds. The first-order valence-corrected chi connectivity index (χ1v) is 6.80. The topological polar surface area (TPSA) is 69.6 Å². The number of phenols is 2. The number of nitrogens with one attached hydrogen (secondary N) is 1. The molecule has 0 saturated heterocycles. The average molecular weight is 275 g/mol. The molecule has 5 heteroatoms. The largest absolute Gasteiger partial charge is 0.504 e. The Morgan fingerprint density at radius 3 is 2.63 bits per heavy atom. The highest BCUT2D eigenvalue weighted by Gasteiger charge is 2.13. The van der Waals surface area contributed by atoms with Gasteiger partial charge in [-0.25, -0.2) is 0 Å². The zero-order valence-corrected chi connectivity index (χ0v) is 11.1. The third-order valence-corrected chi connectivity index (χ3v) is 3.31. The van der Waals surface area contributed by atoms with E-state index in [1.54, 1.807) is 17.8 Å². The van der Waals surface area contributed by atoms with Crippen molar-refractivity contribution in [3.05, 3.63) is 48.0 Å². The highest BCUT2D eigenvalue weighted by Crippen LogP contribution is 2.29. The number of amides is 1. The van der Waals surface area contributed by atoms with Gasteiger partial charge in [0.1, 0.15) is 0 Å². The highest BCUT2D eigenvalue weighted by atomic mass is 32.2. The molecule has 0 aromatic heterocycles. The molecule has 4 nitrogen and oxygen atoms in total. The number of thioether (sulfide) groups is 1. The maximum absolute atomic E-state index is 12.0. The number of carbonyl (C=O) groups excluding carboxylic acids is 1. The van der Waals surface area contributed by atoms with Crippen LogP contribution >= 0.6 is 11.8 Å². The van der Waals surface area contributed by atoms with Gasteiger partial charge in [-0.15, -0.1) is 11.8 Å². The molecule has 0 aliphatic carbocycles. The Balaban J connectivity index is 2.23. The number of carbonyl (C=O) groups is 1. The molecule has 0 saturated carbocycles. The summed E-state index contributed by atoms with van der Waals surface area (Å²) in [6.45, 7) is 0. The molecule has 98 valence electrons. The van der Waals surface area contributed by atoms with E-state index in [0.29, 0.717) is 5.69 Å². The van der Waals surface area contributed by atoms with Gasteiger partial charge < -0.3 is 15.5 Å². The fourth-order valence-electron chi connectivity index (χ4n) is 1.61. The number of para-hydroxylation sites is 1. The van der Waals surface area contributed by atoms with Gasteiger partial charge in [0.25, 0.3) is 5.91 Å². The zero-order valence-electron chi connectivity index (χ0n) is 10.3. The normalized spacial score (nSPS) is 10.2. The van der Waals surface area contributed by atoms with Crippen LogP contribution in [0.15, 0.2) is 47.4 Å². The second kappa shape index (κ2) is 5.67. The van der Waals surface area contributed by atoms with Gasteiger partial charge in [0, 0.05) is 10.6 Å². The van der Waals surface area contributed by atoms with Crippen LogP contribution in [0.4, 0.5) is 5.69 Å². The number of anilines is 1.